The van der Waals surface area contributed by atoms with Gasteiger partial charge in [0, 0.05) is 11.1 Å². The minimum absolute atomic E-state index is 0.0585. The van der Waals surface area contributed by atoms with Crippen molar-refractivity contribution in [2.24, 2.45) is 0 Å². The molecule has 0 radical (unpaired) electrons. The number of nitrogens with zero attached hydrogens (tertiary/aromatic N) is 1. The molecule has 0 unspecified atom stereocenters. The molecule has 1 rings (SSSR count). The van der Waals surface area contributed by atoms with Crippen LogP contribution in [0, 0.1) is 11.3 Å². The van der Waals surface area contributed by atoms with Crippen LogP contribution >= 0.6 is 11.6 Å². The maximum atomic E-state index is 12.4. The van der Waals surface area contributed by atoms with Crippen molar-refractivity contribution in [3.05, 3.63) is 33.8 Å². The smallest absolute Gasteiger partial charge is 0.265 e. The molecule has 0 atom stereocenters. The molecule has 0 saturated carbocycles. The molecule has 0 aliphatic heterocycles. The van der Waals surface area contributed by atoms with Crippen LogP contribution in [0.1, 0.15) is 34.8 Å². The van der Waals surface area contributed by atoms with E-state index in [1.54, 1.807) is 6.07 Å². The third-order valence-corrected chi connectivity index (χ3v) is 2.19. The highest BCUT2D eigenvalue weighted by Gasteiger charge is 2.17. The number of nitriles is 1. The number of rotatable bonds is 2. The van der Waals surface area contributed by atoms with E-state index in [1.807, 2.05) is 0 Å². The third kappa shape index (κ3) is 2.31. The SMILES string of the molecule is CC(=O)c1cc(C#N)c(C(F)F)cc1Cl. The van der Waals surface area contributed by atoms with E-state index in [0.29, 0.717) is 0 Å². The van der Waals surface area contributed by atoms with Crippen LogP contribution in [0.25, 0.3) is 0 Å². The Kier molecular flexibility index (Phi) is 3.38. The summed E-state index contributed by atoms with van der Waals surface area (Å²) in [5.41, 5.74) is -0.593. The van der Waals surface area contributed by atoms with Crippen LogP contribution in [0.2, 0.25) is 5.02 Å². The van der Waals surface area contributed by atoms with Gasteiger partial charge in [0.05, 0.1) is 16.7 Å². The number of benzene rings is 1. The van der Waals surface area contributed by atoms with Crippen molar-refractivity contribution in [2.45, 2.75) is 13.3 Å². The molecule has 0 aliphatic rings. The standard InChI is InChI=1S/C10H6ClF2NO/c1-5(15)7-2-6(4-14)8(10(12)13)3-9(7)11/h2-3,10H,1H3. The molecule has 0 aromatic heterocycles. The van der Waals surface area contributed by atoms with Crippen LogP contribution < -0.4 is 0 Å². The molecule has 0 aliphatic carbocycles. The molecule has 0 bridgehead atoms. The Labute approximate surface area is 90.1 Å². The number of alkyl halides is 2. The Morgan fingerprint density at radius 1 is 1.53 bits per heavy atom. The normalized spacial score (nSPS) is 10.1. The van der Waals surface area contributed by atoms with Crippen molar-refractivity contribution in [1.29, 1.82) is 5.26 Å². The zero-order valence-electron chi connectivity index (χ0n) is 7.72. The maximum absolute atomic E-state index is 12.4. The molecule has 0 spiro atoms. The first kappa shape index (κ1) is 11.6. The third-order valence-electron chi connectivity index (χ3n) is 1.87. The number of carbonyl (C=O) groups excluding carboxylic acids is 1. The summed E-state index contributed by atoms with van der Waals surface area (Å²) >= 11 is 5.63. The molecule has 0 amide bonds. The number of hydrogen-bond donors (Lipinski definition) is 0. The lowest BCUT2D eigenvalue weighted by Gasteiger charge is -2.06. The summed E-state index contributed by atoms with van der Waals surface area (Å²) in [5.74, 6) is -0.364. The van der Waals surface area contributed by atoms with E-state index in [4.69, 9.17) is 16.9 Å². The van der Waals surface area contributed by atoms with Crippen molar-refractivity contribution in [3.63, 3.8) is 0 Å². The highest BCUT2D eigenvalue weighted by molar-refractivity contribution is 6.34. The maximum Gasteiger partial charge on any atom is 0.265 e. The van der Waals surface area contributed by atoms with Gasteiger partial charge in [0.25, 0.3) is 6.43 Å². The quantitative estimate of drug-likeness (QED) is 0.730. The van der Waals surface area contributed by atoms with E-state index in [0.717, 1.165) is 12.1 Å². The van der Waals surface area contributed by atoms with Gasteiger partial charge in [-0.1, -0.05) is 11.6 Å². The molecule has 5 heteroatoms. The molecule has 1 aromatic rings. The lowest BCUT2D eigenvalue weighted by molar-refractivity contribution is 0.101. The van der Waals surface area contributed by atoms with Crippen LogP contribution in [0.4, 0.5) is 8.78 Å². The number of Topliss-reactive ketones (excluding diaryl/α,β-unsaturated/α-hetero) is 1. The van der Waals surface area contributed by atoms with Gasteiger partial charge in [0.1, 0.15) is 0 Å². The fourth-order valence-electron chi connectivity index (χ4n) is 1.14. The van der Waals surface area contributed by atoms with Gasteiger partial charge in [-0.05, 0) is 19.1 Å². The average molecular weight is 230 g/mol. The zero-order chi connectivity index (χ0) is 11.6. The second-order valence-electron chi connectivity index (χ2n) is 2.89. The van der Waals surface area contributed by atoms with E-state index >= 15 is 0 Å². The van der Waals surface area contributed by atoms with Crippen LogP contribution in [-0.4, -0.2) is 5.78 Å². The van der Waals surface area contributed by atoms with Gasteiger partial charge in [-0.3, -0.25) is 4.79 Å². The first-order valence-electron chi connectivity index (χ1n) is 4.00. The van der Waals surface area contributed by atoms with Gasteiger partial charge >= 0.3 is 0 Å². The largest absolute Gasteiger partial charge is 0.294 e. The Bertz CT molecular complexity index is 451. The monoisotopic (exact) mass is 229 g/mol. The van der Waals surface area contributed by atoms with Crippen LogP contribution in [0.15, 0.2) is 12.1 Å². The van der Waals surface area contributed by atoms with E-state index in [1.165, 1.54) is 6.92 Å². The van der Waals surface area contributed by atoms with Gasteiger partial charge in [0.2, 0.25) is 0 Å². The van der Waals surface area contributed by atoms with Crippen molar-refractivity contribution >= 4 is 17.4 Å². The van der Waals surface area contributed by atoms with Crippen LogP contribution in [0.3, 0.4) is 0 Å². The second kappa shape index (κ2) is 4.37. The van der Waals surface area contributed by atoms with E-state index in [9.17, 15) is 13.6 Å². The lowest BCUT2D eigenvalue weighted by atomic mass is 10.0. The van der Waals surface area contributed by atoms with Crippen LogP contribution in [0.5, 0.6) is 0 Å². The summed E-state index contributed by atoms with van der Waals surface area (Å²) in [6.07, 6.45) is -2.78. The number of hydrogen-bond acceptors (Lipinski definition) is 2. The number of carbonyl (C=O) groups is 1. The lowest BCUT2D eigenvalue weighted by Crippen LogP contribution is -1.99. The average Bonchev–Trinajstić information content (AvgIpc) is 2.16. The van der Waals surface area contributed by atoms with Gasteiger partial charge in [-0.15, -0.1) is 0 Å². The molecule has 0 heterocycles. The second-order valence-corrected chi connectivity index (χ2v) is 3.30. The van der Waals surface area contributed by atoms with Crippen molar-refractivity contribution < 1.29 is 13.6 Å². The minimum atomic E-state index is -2.78. The Morgan fingerprint density at radius 3 is 2.53 bits per heavy atom. The summed E-state index contributed by atoms with van der Waals surface area (Å²) in [6, 6.07) is 3.66. The summed E-state index contributed by atoms with van der Waals surface area (Å²) < 4.78 is 24.9. The highest BCUT2D eigenvalue weighted by Crippen LogP contribution is 2.28. The molecular formula is C10H6ClF2NO. The number of halogens is 3. The molecular weight excluding hydrogens is 224 g/mol. The first-order chi connectivity index (χ1) is 6.97. The van der Waals surface area contributed by atoms with Gasteiger partial charge in [0.15, 0.2) is 5.78 Å². The molecule has 1 aromatic carbocycles. The highest BCUT2D eigenvalue weighted by atomic mass is 35.5. The molecule has 15 heavy (non-hydrogen) atoms. The molecule has 0 N–H and O–H groups in total. The fourth-order valence-corrected chi connectivity index (χ4v) is 1.44. The molecule has 0 fully saturated rings. The van der Waals surface area contributed by atoms with Crippen LogP contribution in [-0.2, 0) is 0 Å². The Morgan fingerprint density at radius 2 is 2.13 bits per heavy atom. The molecule has 78 valence electrons. The van der Waals surface area contributed by atoms with Gasteiger partial charge in [-0.2, -0.15) is 5.26 Å². The van der Waals surface area contributed by atoms with E-state index in [2.05, 4.69) is 0 Å². The Hall–Kier alpha value is -1.47. The van der Waals surface area contributed by atoms with Crippen molar-refractivity contribution in [3.8, 4) is 6.07 Å². The van der Waals surface area contributed by atoms with Crippen molar-refractivity contribution in [2.75, 3.05) is 0 Å². The topological polar surface area (TPSA) is 40.9 Å². The minimum Gasteiger partial charge on any atom is -0.294 e. The Balaban J connectivity index is 3.44. The van der Waals surface area contributed by atoms with E-state index in [-0.39, 0.29) is 21.9 Å². The first-order valence-corrected chi connectivity index (χ1v) is 4.37. The summed E-state index contributed by atoms with van der Waals surface area (Å²) in [5, 5.41) is 8.57. The molecule has 0 saturated heterocycles. The van der Waals surface area contributed by atoms with E-state index < -0.39 is 12.0 Å². The predicted molar refractivity (Wildman–Crippen MR) is 51.1 cm³/mol. The van der Waals surface area contributed by atoms with Gasteiger partial charge in [-0.25, -0.2) is 8.78 Å². The van der Waals surface area contributed by atoms with Gasteiger partial charge < -0.3 is 0 Å². The zero-order valence-corrected chi connectivity index (χ0v) is 8.48. The van der Waals surface area contributed by atoms with Crippen molar-refractivity contribution in [1.82, 2.24) is 0 Å². The predicted octanol–water partition coefficient (Wildman–Crippen LogP) is 3.35. The summed E-state index contributed by atoms with van der Waals surface area (Å²) in [7, 11) is 0. The molecule has 2 nitrogen and oxygen atoms in total. The number of ketones is 1. The summed E-state index contributed by atoms with van der Waals surface area (Å²) in [4.78, 5) is 11.0. The summed E-state index contributed by atoms with van der Waals surface area (Å²) in [6.45, 7) is 1.25. The fraction of sp³-hybridized carbons (Fsp3) is 0.200.